The molecule has 1 amide bonds. The lowest BCUT2D eigenvalue weighted by molar-refractivity contribution is 0.102. The highest BCUT2D eigenvalue weighted by molar-refractivity contribution is 6.08. The minimum atomic E-state index is -0.240. The highest BCUT2D eigenvalue weighted by atomic mass is 16.5. The van der Waals surface area contributed by atoms with Crippen molar-refractivity contribution in [3.05, 3.63) is 72.3 Å². The van der Waals surface area contributed by atoms with E-state index in [1.54, 1.807) is 36.4 Å². The standard InChI is InChI=1S/C24H24N4O3/c1-28(2)13-14-31-20-10-5-17(6-11-20)24(30)25-23-21-12-7-18(15-22(21)26-27-23)16-3-8-19(29)9-4-16/h3-12,15,29H,13-14H2,1-2H3,(H2,25,26,27,30). The number of aromatic hydroxyl groups is 1. The highest BCUT2D eigenvalue weighted by Gasteiger charge is 2.12. The molecule has 1 heterocycles. The summed E-state index contributed by atoms with van der Waals surface area (Å²) in [6.07, 6.45) is 0. The van der Waals surface area contributed by atoms with Crippen molar-refractivity contribution in [2.45, 2.75) is 0 Å². The van der Waals surface area contributed by atoms with Gasteiger partial charge in [-0.25, -0.2) is 0 Å². The van der Waals surface area contributed by atoms with Crippen molar-refractivity contribution in [2.75, 3.05) is 32.6 Å². The van der Waals surface area contributed by atoms with E-state index in [1.165, 1.54) is 0 Å². The Morgan fingerprint density at radius 3 is 2.45 bits per heavy atom. The summed E-state index contributed by atoms with van der Waals surface area (Å²) in [4.78, 5) is 14.7. The van der Waals surface area contributed by atoms with Crippen molar-refractivity contribution in [3.63, 3.8) is 0 Å². The normalized spacial score (nSPS) is 11.1. The van der Waals surface area contributed by atoms with Crippen LogP contribution in [0.25, 0.3) is 22.0 Å². The molecular formula is C24H24N4O3. The summed E-state index contributed by atoms with van der Waals surface area (Å²) in [5.74, 6) is 1.19. The number of fused-ring (bicyclic) bond motifs is 1. The van der Waals surface area contributed by atoms with E-state index in [9.17, 15) is 9.90 Å². The number of aromatic nitrogens is 2. The fraction of sp³-hybridized carbons (Fsp3) is 0.167. The van der Waals surface area contributed by atoms with Gasteiger partial charge in [0, 0.05) is 17.5 Å². The van der Waals surface area contributed by atoms with Gasteiger partial charge in [0.1, 0.15) is 18.1 Å². The summed E-state index contributed by atoms with van der Waals surface area (Å²) in [5.41, 5.74) is 3.30. The highest BCUT2D eigenvalue weighted by Crippen LogP contribution is 2.28. The number of nitrogens with one attached hydrogen (secondary N) is 2. The molecule has 158 valence electrons. The number of carbonyl (C=O) groups is 1. The second-order valence-electron chi connectivity index (χ2n) is 7.51. The molecule has 4 rings (SSSR count). The summed E-state index contributed by atoms with van der Waals surface area (Å²) in [6, 6.07) is 19.9. The third-order valence-electron chi connectivity index (χ3n) is 4.92. The zero-order chi connectivity index (χ0) is 21.8. The van der Waals surface area contributed by atoms with Crippen LogP contribution in [-0.4, -0.2) is 53.4 Å². The summed E-state index contributed by atoms with van der Waals surface area (Å²) in [6.45, 7) is 1.41. The molecule has 0 bridgehead atoms. The fourth-order valence-electron chi connectivity index (χ4n) is 3.18. The largest absolute Gasteiger partial charge is 0.508 e. The molecule has 0 unspecified atom stereocenters. The molecule has 0 aliphatic rings. The van der Waals surface area contributed by atoms with Crippen molar-refractivity contribution in [1.29, 1.82) is 0 Å². The first kappa shape index (κ1) is 20.4. The minimum absolute atomic E-state index is 0.226. The van der Waals surface area contributed by atoms with E-state index in [0.29, 0.717) is 18.0 Å². The summed E-state index contributed by atoms with van der Waals surface area (Å²) in [5, 5.41) is 20.4. The number of rotatable bonds is 7. The molecule has 7 heteroatoms. The zero-order valence-electron chi connectivity index (χ0n) is 17.4. The number of nitrogens with zero attached hydrogens (tertiary/aromatic N) is 2. The van der Waals surface area contributed by atoms with Crippen LogP contribution in [0.15, 0.2) is 66.7 Å². The Morgan fingerprint density at radius 2 is 1.74 bits per heavy atom. The molecule has 7 nitrogen and oxygen atoms in total. The lowest BCUT2D eigenvalue weighted by Crippen LogP contribution is -2.19. The van der Waals surface area contributed by atoms with Gasteiger partial charge in [-0.1, -0.05) is 18.2 Å². The molecule has 0 aliphatic carbocycles. The molecule has 3 aromatic carbocycles. The molecule has 0 saturated carbocycles. The average molecular weight is 416 g/mol. The molecule has 0 radical (unpaired) electrons. The molecular weight excluding hydrogens is 392 g/mol. The van der Waals surface area contributed by atoms with Gasteiger partial charge in [0.05, 0.1) is 5.52 Å². The van der Waals surface area contributed by atoms with Crippen LogP contribution in [0.5, 0.6) is 11.5 Å². The van der Waals surface area contributed by atoms with Gasteiger partial charge in [-0.2, -0.15) is 5.10 Å². The number of anilines is 1. The van der Waals surface area contributed by atoms with Crippen LogP contribution in [0.3, 0.4) is 0 Å². The van der Waals surface area contributed by atoms with Gasteiger partial charge in [-0.05, 0) is 73.8 Å². The molecule has 3 N–H and O–H groups in total. The Balaban J connectivity index is 1.45. The van der Waals surface area contributed by atoms with Crippen LogP contribution in [0.1, 0.15) is 10.4 Å². The molecule has 0 aliphatic heterocycles. The summed E-state index contributed by atoms with van der Waals surface area (Å²) >= 11 is 0. The Morgan fingerprint density at radius 1 is 1.03 bits per heavy atom. The molecule has 31 heavy (non-hydrogen) atoms. The van der Waals surface area contributed by atoms with Crippen LogP contribution in [0.4, 0.5) is 5.82 Å². The van der Waals surface area contributed by atoms with Crippen molar-refractivity contribution >= 4 is 22.6 Å². The number of phenolic OH excluding ortho intramolecular Hbond substituents is 1. The SMILES string of the molecule is CN(C)CCOc1ccc(C(=O)Nc2n[nH]c3cc(-c4ccc(O)cc4)ccc23)cc1. The van der Waals surface area contributed by atoms with Gasteiger partial charge in [0.15, 0.2) is 5.82 Å². The summed E-state index contributed by atoms with van der Waals surface area (Å²) in [7, 11) is 3.98. The lowest BCUT2D eigenvalue weighted by Gasteiger charge is -2.11. The van der Waals surface area contributed by atoms with Crippen LogP contribution in [0, 0.1) is 0 Å². The maximum Gasteiger partial charge on any atom is 0.256 e. The monoisotopic (exact) mass is 416 g/mol. The van der Waals surface area contributed by atoms with Gasteiger partial charge >= 0.3 is 0 Å². The van der Waals surface area contributed by atoms with Crippen molar-refractivity contribution in [1.82, 2.24) is 15.1 Å². The van der Waals surface area contributed by atoms with Gasteiger partial charge < -0.3 is 20.1 Å². The topological polar surface area (TPSA) is 90.5 Å². The Hall–Kier alpha value is -3.84. The number of amides is 1. The minimum Gasteiger partial charge on any atom is -0.508 e. The van der Waals surface area contributed by atoms with E-state index < -0.39 is 0 Å². The van der Waals surface area contributed by atoms with Crippen molar-refractivity contribution in [3.8, 4) is 22.6 Å². The van der Waals surface area contributed by atoms with E-state index in [0.717, 1.165) is 34.3 Å². The number of benzene rings is 3. The van der Waals surface area contributed by atoms with Crippen LogP contribution >= 0.6 is 0 Å². The third kappa shape index (κ3) is 4.84. The average Bonchev–Trinajstić information content (AvgIpc) is 3.16. The number of hydrogen-bond acceptors (Lipinski definition) is 5. The predicted octanol–water partition coefficient (Wildman–Crippen LogP) is 4.13. The first-order valence-electron chi connectivity index (χ1n) is 9.96. The Kier molecular flexibility index (Phi) is 5.86. The maximum absolute atomic E-state index is 12.7. The molecule has 0 spiro atoms. The predicted molar refractivity (Wildman–Crippen MR) is 122 cm³/mol. The fourth-order valence-corrected chi connectivity index (χ4v) is 3.18. The number of ether oxygens (including phenoxy) is 1. The maximum atomic E-state index is 12.7. The quantitative estimate of drug-likeness (QED) is 0.421. The van der Waals surface area contributed by atoms with E-state index >= 15 is 0 Å². The van der Waals surface area contributed by atoms with Crippen LogP contribution < -0.4 is 10.1 Å². The number of hydrogen-bond donors (Lipinski definition) is 3. The zero-order valence-corrected chi connectivity index (χ0v) is 17.4. The van der Waals surface area contributed by atoms with Gasteiger partial charge in [0.2, 0.25) is 0 Å². The Labute approximate surface area is 180 Å². The van der Waals surface area contributed by atoms with Gasteiger partial charge in [-0.15, -0.1) is 0 Å². The van der Waals surface area contributed by atoms with Crippen molar-refractivity contribution < 1.29 is 14.6 Å². The molecule has 0 fully saturated rings. The number of aromatic amines is 1. The molecule has 0 saturated heterocycles. The first-order valence-corrected chi connectivity index (χ1v) is 9.96. The van der Waals surface area contributed by atoms with E-state index in [2.05, 4.69) is 15.5 Å². The smallest absolute Gasteiger partial charge is 0.256 e. The number of likely N-dealkylation sites (N-methyl/N-ethyl adjacent to an activating group) is 1. The first-order chi connectivity index (χ1) is 15.0. The molecule has 4 aromatic rings. The lowest BCUT2D eigenvalue weighted by atomic mass is 10.0. The molecule has 1 aromatic heterocycles. The van der Waals surface area contributed by atoms with E-state index in [4.69, 9.17) is 4.74 Å². The van der Waals surface area contributed by atoms with Crippen LogP contribution in [-0.2, 0) is 0 Å². The molecule has 0 atom stereocenters. The number of H-pyrrole nitrogens is 1. The number of phenols is 1. The van der Waals surface area contributed by atoms with E-state index in [1.807, 2.05) is 49.3 Å². The van der Waals surface area contributed by atoms with Gasteiger partial charge in [-0.3, -0.25) is 9.89 Å². The number of carbonyl (C=O) groups excluding carboxylic acids is 1. The van der Waals surface area contributed by atoms with Crippen molar-refractivity contribution in [2.24, 2.45) is 0 Å². The second-order valence-corrected chi connectivity index (χ2v) is 7.51. The van der Waals surface area contributed by atoms with Crippen LogP contribution in [0.2, 0.25) is 0 Å². The van der Waals surface area contributed by atoms with Gasteiger partial charge in [0.25, 0.3) is 5.91 Å². The Bertz CT molecular complexity index is 1180. The third-order valence-corrected chi connectivity index (χ3v) is 4.92. The summed E-state index contributed by atoms with van der Waals surface area (Å²) < 4.78 is 5.66. The van der Waals surface area contributed by atoms with E-state index in [-0.39, 0.29) is 11.7 Å². The second kappa shape index (κ2) is 8.89.